The molecule has 1 unspecified atom stereocenters. The normalized spacial score (nSPS) is 12.8. The van der Waals surface area contributed by atoms with Gasteiger partial charge in [0.25, 0.3) is 0 Å². The number of halogens is 1. The van der Waals surface area contributed by atoms with Crippen LogP contribution in [0.15, 0.2) is 16.0 Å². The average Bonchev–Trinajstić information content (AvgIpc) is 2.96. The zero-order chi connectivity index (χ0) is 14.5. The van der Waals surface area contributed by atoms with Crippen LogP contribution < -0.4 is 5.32 Å². The lowest BCUT2D eigenvalue weighted by Crippen LogP contribution is -2.26. The molecule has 2 rings (SSSR count). The lowest BCUT2D eigenvalue weighted by molar-refractivity contribution is 0.476. The highest BCUT2D eigenvalue weighted by Gasteiger charge is 2.20. The number of aromatic nitrogens is 3. The van der Waals surface area contributed by atoms with Crippen LogP contribution in [0, 0.1) is 6.92 Å². The quantitative estimate of drug-likeness (QED) is 0.821. The maximum Gasteiger partial charge on any atom is 0.0947 e. The highest BCUT2D eigenvalue weighted by molar-refractivity contribution is 9.10. The molecule has 0 aliphatic heterocycles. The van der Waals surface area contributed by atoms with Crippen molar-refractivity contribution in [3.05, 3.63) is 32.4 Å². The van der Waals surface area contributed by atoms with Crippen LogP contribution in [0.2, 0.25) is 0 Å². The van der Waals surface area contributed by atoms with Gasteiger partial charge in [0.05, 0.1) is 27.4 Å². The van der Waals surface area contributed by atoms with Crippen molar-refractivity contribution >= 4 is 27.3 Å². The van der Waals surface area contributed by atoms with Gasteiger partial charge in [-0.3, -0.25) is 4.68 Å². The van der Waals surface area contributed by atoms with E-state index in [9.17, 15) is 0 Å². The Morgan fingerprint density at radius 1 is 1.45 bits per heavy atom. The Morgan fingerprint density at radius 3 is 2.85 bits per heavy atom. The van der Waals surface area contributed by atoms with E-state index in [1.807, 2.05) is 13.1 Å². The second kappa shape index (κ2) is 7.33. The monoisotopic (exact) mass is 356 g/mol. The molecule has 1 atom stereocenters. The topological polar surface area (TPSA) is 42.7 Å². The smallest absolute Gasteiger partial charge is 0.0947 e. The molecule has 2 heterocycles. The van der Waals surface area contributed by atoms with E-state index in [1.165, 1.54) is 10.7 Å². The number of hydrogen-bond donors (Lipinski definition) is 1. The fourth-order valence-electron chi connectivity index (χ4n) is 2.29. The summed E-state index contributed by atoms with van der Waals surface area (Å²) < 4.78 is 3.17. The number of hydrogen-bond acceptors (Lipinski definition) is 4. The Balaban J connectivity index is 2.25. The second-order valence-corrected chi connectivity index (χ2v) is 6.59. The standard InChI is InChI=1S/C14H21BrN4S/c1-4-6-19-14(11(15)8-17-19)12(16-5-2)7-13-18-10(3)9-20-13/h8-9,12,16H,4-7H2,1-3H3. The van der Waals surface area contributed by atoms with Crippen LogP contribution in [-0.2, 0) is 13.0 Å². The first-order valence-corrected chi connectivity index (χ1v) is 8.68. The molecular formula is C14H21BrN4S. The average molecular weight is 357 g/mol. The maximum atomic E-state index is 4.58. The molecule has 0 saturated heterocycles. The highest BCUT2D eigenvalue weighted by atomic mass is 79.9. The second-order valence-electron chi connectivity index (χ2n) is 4.80. The molecule has 2 aromatic heterocycles. The highest BCUT2D eigenvalue weighted by Crippen LogP contribution is 2.27. The third-order valence-corrected chi connectivity index (χ3v) is 4.69. The van der Waals surface area contributed by atoms with Gasteiger partial charge < -0.3 is 5.32 Å². The lowest BCUT2D eigenvalue weighted by atomic mass is 10.1. The number of nitrogens with zero attached hydrogens (tertiary/aromatic N) is 3. The van der Waals surface area contributed by atoms with E-state index in [2.05, 4.69) is 55.2 Å². The van der Waals surface area contributed by atoms with Crippen molar-refractivity contribution in [2.24, 2.45) is 0 Å². The van der Waals surface area contributed by atoms with Crippen LogP contribution in [-0.4, -0.2) is 21.3 Å². The Hall–Kier alpha value is -0.720. The Morgan fingerprint density at radius 2 is 2.25 bits per heavy atom. The van der Waals surface area contributed by atoms with Gasteiger partial charge in [-0.25, -0.2) is 4.98 Å². The summed E-state index contributed by atoms with van der Waals surface area (Å²) in [5.41, 5.74) is 2.32. The van der Waals surface area contributed by atoms with Crippen LogP contribution in [0.5, 0.6) is 0 Å². The molecule has 0 spiro atoms. The minimum atomic E-state index is 0.244. The molecule has 0 aromatic carbocycles. The summed E-state index contributed by atoms with van der Waals surface area (Å²) in [4.78, 5) is 4.58. The lowest BCUT2D eigenvalue weighted by Gasteiger charge is -2.19. The van der Waals surface area contributed by atoms with E-state index < -0.39 is 0 Å². The predicted molar refractivity (Wildman–Crippen MR) is 87.2 cm³/mol. The molecule has 0 amide bonds. The molecular weight excluding hydrogens is 336 g/mol. The summed E-state index contributed by atoms with van der Waals surface area (Å²) >= 11 is 5.37. The number of nitrogens with one attached hydrogen (secondary N) is 1. The van der Waals surface area contributed by atoms with Crippen molar-refractivity contribution in [2.75, 3.05) is 6.54 Å². The van der Waals surface area contributed by atoms with Gasteiger partial charge in [0, 0.05) is 24.0 Å². The molecule has 1 N–H and O–H groups in total. The van der Waals surface area contributed by atoms with E-state index >= 15 is 0 Å². The number of aryl methyl sites for hydroxylation is 2. The SMILES string of the molecule is CCCn1ncc(Br)c1C(Cc1nc(C)cs1)NCC. The summed E-state index contributed by atoms with van der Waals surface area (Å²) in [7, 11) is 0. The van der Waals surface area contributed by atoms with Crippen LogP contribution in [0.25, 0.3) is 0 Å². The van der Waals surface area contributed by atoms with Crippen molar-refractivity contribution in [3.63, 3.8) is 0 Å². The fourth-order valence-corrected chi connectivity index (χ4v) is 3.68. The number of thiazole rings is 1. The maximum absolute atomic E-state index is 4.58. The van der Waals surface area contributed by atoms with Gasteiger partial charge in [-0.05, 0) is 35.8 Å². The summed E-state index contributed by atoms with van der Waals surface area (Å²) in [6.45, 7) is 8.22. The Labute approximate surface area is 132 Å². The minimum absolute atomic E-state index is 0.244. The van der Waals surface area contributed by atoms with E-state index in [-0.39, 0.29) is 6.04 Å². The van der Waals surface area contributed by atoms with E-state index in [0.29, 0.717) is 0 Å². The first kappa shape index (κ1) is 15.7. The zero-order valence-corrected chi connectivity index (χ0v) is 14.6. The first-order valence-electron chi connectivity index (χ1n) is 7.01. The number of rotatable bonds is 7. The van der Waals surface area contributed by atoms with Crippen LogP contribution in [0.3, 0.4) is 0 Å². The predicted octanol–water partition coefficient (Wildman–Crippen LogP) is 3.71. The molecule has 0 fully saturated rings. The van der Waals surface area contributed by atoms with Gasteiger partial charge in [-0.1, -0.05) is 13.8 Å². The summed E-state index contributed by atoms with van der Waals surface area (Å²) in [5.74, 6) is 0. The van der Waals surface area contributed by atoms with Crippen molar-refractivity contribution in [2.45, 2.75) is 46.2 Å². The molecule has 110 valence electrons. The van der Waals surface area contributed by atoms with Gasteiger partial charge in [0.2, 0.25) is 0 Å². The van der Waals surface area contributed by atoms with Crippen LogP contribution in [0.1, 0.15) is 42.7 Å². The molecule has 0 saturated carbocycles. The fraction of sp³-hybridized carbons (Fsp3) is 0.571. The van der Waals surface area contributed by atoms with Crippen molar-refractivity contribution in [1.82, 2.24) is 20.1 Å². The van der Waals surface area contributed by atoms with Gasteiger partial charge >= 0.3 is 0 Å². The largest absolute Gasteiger partial charge is 0.309 e. The molecule has 4 nitrogen and oxygen atoms in total. The van der Waals surface area contributed by atoms with Crippen molar-refractivity contribution in [1.29, 1.82) is 0 Å². The van der Waals surface area contributed by atoms with E-state index in [0.717, 1.165) is 36.1 Å². The molecule has 0 bridgehead atoms. The summed E-state index contributed by atoms with van der Waals surface area (Å²) in [6, 6.07) is 0.244. The first-order chi connectivity index (χ1) is 9.65. The van der Waals surface area contributed by atoms with E-state index in [1.54, 1.807) is 11.3 Å². The molecule has 2 aromatic rings. The van der Waals surface area contributed by atoms with Gasteiger partial charge in [0.15, 0.2) is 0 Å². The Bertz CT molecular complexity index is 549. The summed E-state index contributed by atoms with van der Waals surface area (Å²) in [5, 5.41) is 11.3. The third kappa shape index (κ3) is 3.68. The van der Waals surface area contributed by atoms with Gasteiger partial charge in [0.1, 0.15) is 0 Å². The van der Waals surface area contributed by atoms with Crippen molar-refractivity contribution in [3.8, 4) is 0 Å². The molecule has 0 radical (unpaired) electrons. The number of likely N-dealkylation sites (N-methyl/N-ethyl adjacent to an activating group) is 1. The zero-order valence-electron chi connectivity index (χ0n) is 12.2. The van der Waals surface area contributed by atoms with Crippen LogP contribution in [0.4, 0.5) is 0 Å². The Kier molecular flexibility index (Phi) is 5.74. The summed E-state index contributed by atoms with van der Waals surface area (Å²) in [6.07, 6.45) is 3.87. The minimum Gasteiger partial charge on any atom is -0.309 e. The molecule has 0 aliphatic carbocycles. The van der Waals surface area contributed by atoms with Crippen LogP contribution >= 0.6 is 27.3 Å². The molecule has 20 heavy (non-hydrogen) atoms. The third-order valence-electron chi connectivity index (χ3n) is 3.09. The van der Waals surface area contributed by atoms with Gasteiger partial charge in [-0.2, -0.15) is 5.10 Å². The van der Waals surface area contributed by atoms with Crippen molar-refractivity contribution < 1.29 is 0 Å². The molecule has 6 heteroatoms. The molecule has 0 aliphatic rings. The van der Waals surface area contributed by atoms with Gasteiger partial charge in [-0.15, -0.1) is 11.3 Å². The van der Waals surface area contributed by atoms with E-state index in [4.69, 9.17) is 0 Å².